The second-order valence-electron chi connectivity index (χ2n) is 4.03. The first kappa shape index (κ1) is 12.8. The molecular weight excluding hydrogens is 200 g/mol. The first-order chi connectivity index (χ1) is 7.69. The van der Waals surface area contributed by atoms with Gasteiger partial charge in [-0.3, -0.25) is 0 Å². The Kier molecular flexibility index (Phi) is 5.12. The van der Waals surface area contributed by atoms with Crippen molar-refractivity contribution in [1.82, 2.24) is 5.32 Å². The molecule has 16 heavy (non-hydrogen) atoms. The van der Waals surface area contributed by atoms with Crippen LogP contribution in [0.2, 0.25) is 0 Å². The number of methoxy groups -OCH3 is 1. The van der Waals surface area contributed by atoms with Crippen LogP contribution in [0, 0.1) is 13.8 Å². The van der Waals surface area contributed by atoms with E-state index in [0.29, 0.717) is 0 Å². The van der Waals surface area contributed by atoms with Gasteiger partial charge in [0.1, 0.15) is 5.75 Å². The highest BCUT2D eigenvalue weighted by Gasteiger charge is 2.04. The molecule has 0 unspecified atom stereocenters. The van der Waals surface area contributed by atoms with Crippen molar-refractivity contribution >= 4 is 5.69 Å². The molecule has 0 saturated carbocycles. The second kappa shape index (κ2) is 6.38. The maximum atomic E-state index is 5.34. The molecule has 0 heterocycles. The van der Waals surface area contributed by atoms with Crippen molar-refractivity contribution in [3.8, 4) is 5.75 Å². The van der Waals surface area contributed by atoms with E-state index >= 15 is 0 Å². The third-order valence-corrected chi connectivity index (χ3v) is 2.60. The van der Waals surface area contributed by atoms with Crippen molar-refractivity contribution in [2.24, 2.45) is 0 Å². The van der Waals surface area contributed by atoms with Gasteiger partial charge in [0.25, 0.3) is 0 Å². The Labute approximate surface area is 98.2 Å². The van der Waals surface area contributed by atoms with Gasteiger partial charge in [-0.1, -0.05) is 0 Å². The maximum Gasteiger partial charge on any atom is 0.124 e. The molecule has 0 aliphatic heterocycles. The summed E-state index contributed by atoms with van der Waals surface area (Å²) in [6, 6.07) is 4.26. The quantitative estimate of drug-likeness (QED) is 0.725. The zero-order valence-corrected chi connectivity index (χ0v) is 10.7. The fraction of sp³-hybridized carbons (Fsp3) is 0.538. The van der Waals surface area contributed by atoms with Gasteiger partial charge in [0.15, 0.2) is 0 Å². The molecule has 0 bridgehead atoms. The van der Waals surface area contributed by atoms with Crippen molar-refractivity contribution in [2.45, 2.75) is 20.3 Å². The molecule has 0 radical (unpaired) electrons. The topological polar surface area (TPSA) is 33.3 Å². The Balaban J connectivity index is 2.61. The standard InChI is InChI=1S/C13H22N2O/c1-10-8-12(15-7-5-6-14-3)9-11(2)13(10)16-4/h8-9,14-15H,5-7H2,1-4H3. The Morgan fingerprint density at radius 2 is 1.75 bits per heavy atom. The minimum atomic E-state index is 0.987. The first-order valence-electron chi connectivity index (χ1n) is 5.72. The number of benzene rings is 1. The molecule has 2 N–H and O–H groups in total. The molecule has 0 saturated heterocycles. The third kappa shape index (κ3) is 3.42. The van der Waals surface area contributed by atoms with Gasteiger partial charge in [-0.15, -0.1) is 0 Å². The monoisotopic (exact) mass is 222 g/mol. The van der Waals surface area contributed by atoms with E-state index in [1.807, 2.05) is 7.05 Å². The van der Waals surface area contributed by atoms with E-state index in [9.17, 15) is 0 Å². The summed E-state index contributed by atoms with van der Waals surface area (Å²) in [4.78, 5) is 0. The molecule has 3 nitrogen and oxygen atoms in total. The summed E-state index contributed by atoms with van der Waals surface area (Å²) in [7, 11) is 3.69. The van der Waals surface area contributed by atoms with E-state index in [-0.39, 0.29) is 0 Å². The minimum Gasteiger partial charge on any atom is -0.496 e. The van der Waals surface area contributed by atoms with Gasteiger partial charge in [0.05, 0.1) is 7.11 Å². The molecular formula is C13H22N2O. The third-order valence-electron chi connectivity index (χ3n) is 2.60. The summed E-state index contributed by atoms with van der Waals surface area (Å²) in [6.45, 7) is 6.18. The van der Waals surface area contributed by atoms with Gasteiger partial charge in [-0.25, -0.2) is 0 Å². The van der Waals surface area contributed by atoms with Crippen LogP contribution in [0.3, 0.4) is 0 Å². The van der Waals surface area contributed by atoms with Gasteiger partial charge >= 0.3 is 0 Å². The van der Waals surface area contributed by atoms with Gasteiger partial charge in [0.2, 0.25) is 0 Å². The van der Waals surface area contributed by atoms with E-state index in [0.717, 1.165) is 25.3 Å². The number of nitrogens with one attached hydrogen (secondary N) is 2. The van der Waals surface area contributed by atoms with Crippen LogP contribution in [0.15, 0.2) is 12.1 Å². The van der Waals surface area contributed by atoms with Crippen molar-refractivity contribution < 1.29 is 4.74 Å². The van der Waals surface area contributed by atoms with Crippen LogP contribution in [-0.4, -0.2) is 27.2 Å². The van der Waals surface area contributed by atoms with Crippen LogP contribution in [0.25, 0.3) is 0 Å². The smallest absolute Gasteiger partial charge is 0.124 e. The van der Waals surface area contributed by atoms with E-state index < -0.39 is 0 Å². The van der Waals surface area contributed by atoms with Crippen LogP contribution in [0.5, 0.6) is 5.75 Å². The molecule has 1 aromatic carbocycles. The average molecular weight is 222 g/mol. The Bertz CT molecular complexity index is 314. The van der Waals surface area contributed by atoms with Crippen molar-refractivity contribution in [3.63, 3.8) is 0 Å². The largest absolute Gasteiger partial charge is 0.496 e. The molecule has 0 aromatic heterocycles. The molecule has 1 aromatic rings. The molecule has 90 valence electrons. The normalized spacial score (nSPS) is 10.2. The van der Waals surface area contributed by atoms with Crippen LogP contribution in [-0.2, 0) is 0 Å². The lowest BCUT2D eigenvalue weighted by Gasteiger charge is -2.12. The van der Waals surface area contributed by atoms with Crippen molar-refractivity contribution in [3.05, 3.63) is 23.3 Å². The van der Waals surface area contributed by atoms with E-state index in [2.05, 4.69) is 36.6 Å². The predicted octanol–water partition coefficient (Wildman–Crippen LogP) is 2.33. The molecule has 0 spiro atoms. The molecule has 0 atom stereocenters. The predicted molar refractivity (Wildman–Crippen MR) is 69.5 cm³/mol. The van der Waals surface area contributed by atoms with Crippen LogP contribution in [0.1, 0.15) is 17.5 Å². The summed E-state index contributed by atoms with van der Waals surface area (Å²) in [5.41, 5.74) is 3.53. The minimum absolute atomic E-state index is 0.987. The molecule has 0 aliphatic carbocycles. The summed E-state index contributed by atoms with van der Waals surface area (Å²) < 4.78 is 5.34. The van der Waals surface area contributed by atoms with Gasteiger partial charge in [-0.05, 0) is 57.1 Å². The van der Waals surface area contributed by atoms with Gasteiger partial charge in [-0.2, -0.15) is 0 Å². The lowest BCUT2D eigenvalue weighted by atomic mass is 10.1. The van der Waals surface area contributed by atoms with Gasteiger partial charge < -0.3 is 15.4 Å². The van der Waals surface area contributed by atoms with E-state index in [1.54, 1.807) is 7.11 Å². The highest BCUT2D eigenvalue weighted by molar-refractivity contribution is 5.55. The number of aryl methyl sites for hydroxylation is 2. The number of anilines is 1. The van der Waals surface area contributed by atoms with Crippen molar-refractivity contribution in [2.75, 3.05) is 32.6 Å². The fourth-order valence-corrected chi connectivity index (χ4v) is 1.87. The number of ether oxygens (including phenoxy) is 1. The molecule has 0 amide bonds. The summed E-state index contributed by atoms with van der Waals surface area (Å²) in [5.74, 6) is 0.987. The zero-order chi connectivity index (χ0) is 12.0. The summed E-state index contributed by atoms with van der Waals surface area (Å²) in [5, 5.41) is 6.55. The maximum absolute atomic E-state index is 5.34. The van der Waals surface area contributed by atoms with Crippen LogP contribution in [0.4, 0.5) is 5.69 Å². The first-order valence-corrected chi connectivity index (χ1v) is 5.72. The molecule has 3 heteroatoms. The molecule has 0 aliphatic rings. The number of hydrogen-bond acceptors (Lipinski definition) is 3. The fourth-order valence-electron chi connectivity index (χ4n) is 1.87. The number of rotatable bonds is 6. The molecule has 1 rings (SSSR count). The van der Waals surface area contributed by atoms with E-state index in [1.165, 1.54) is 16.8 Å². The Hall–Kier alpha value is -1.22. The van der Waals surface area contributed by atoms with Crippen LogP contribution >= 0.6 is 0 Å². The van der Waals surface area contributed by atoms with Crippen molar-refractivity contribution in [1.29, 1.82) is 0 Å². The Morgan fingerprint density at radius 3 is 2.25 bits per heavy atom. The van der Waals surface area contributed by atoms with E-state index in [4.69, 9.17) is 4.74 Å². The lowest BCUT2D eigenvalue weighted by molar-refractivity contribution is 0.408. The lowest BCUT2D eigenvalue weighted by Crippen LogP contribution is -2.13. The SMILES string of the molecule is CNCCCNc1cc(C)c(OC)c(C)c1. The number of hydrogen-bond donors (Lipinski definition) is 2. The second-order valence-corrected chi connectivity index (χ2v) is 4.03. The van der Waals surface area contributed by atoms with Gasteiger partial charge in [0, 0.05) is 12.2 Å². The summed E-state index contributed by atoms with van der Waals surface area (Å²) in [6.07, 6.45) is 1.13. The molecule has 0 fully saturated rings. The highest BCUT2D eigenvalue weighted by atomic mass is 16.5. The Morgan fingerprint density at radius 1 is 1.12 bits per heavy atom. The summed E-state index contributed by atoms with van der Waals surface area (Å²) >= 11 is 0. The zero-order valence-electron chi connectivity index (χ0n) is 10.7. The average Bonchev–Trinajstić information content (AvgIpc) is 2.24. The van der Waals surface area contributed by atoms with Crippen LogP contribution < -0.4 is 15.4 Å². The highest BCUT2D eigenvalue weighted by Crippen LogP contribution is 2.26.